The number of halogens is 3. The van der Waals surface area contributed by atoms with Gasteiger partial charge < -0.3 is 9.88 Å². The minimum Gasteiger partial charge on any atom is -0.355 e. The number of pyridine rings is 2. The summed E-state index contributed by atoms with van der Waals surface area (Å²) in [5.41, 5.74) is 4.47. The van der Waals surface area contributed by atoms with Crippen molar-refractivity contribution >= 4 is 27.8 Å². The van der Waals surface area contributed by atoms with Crippen LogP contribution in [0.15, 0.2) is 42.9 Å². The van der Waals surface area contributed by atoms with E-state index in [0.717, 1.165) is 48.3 Å². The van der Waals surface area contributed by atoms with E-state index in [2.05, 4.69) is 30.0 Å². The van der Waals surface area contributed by atoms with Gasteiger partial charge in [0, 0.05) is 73.8 Å². The summed E-state index contributed by atoms with van der Waals surface area (Å²) in [6, 6.07) is 6.86. The van der Waals surface area contributed by atoms with Crippen molar-refractivity contribution in [3.63, 3.8) is 0 Å². The molecule has 2 aliphatic rings. The van der Waals surface area contributed by atoms with Crippen LogP contribution >= 0.6 is 0 Å². The lowest BCUT2D eigenvalue weighted by atomic mass is 10.0. The van der Waals surface area contributed by atoms with Crippen molar-refractivity contribution in [2.24, 2.45) is 0 Å². The Morgan fingerprint density at radius 2 is 1.87 bits per heavy atom. The molecule has 39 heavy (non-hydrogen) atoms. The summed E-state index contributed by atoms with van der Waals surface area (Å²) < 4.78 is 42.5. The van der Waals surface area contributed by atoms with Gasteiger partial charge in [-0.2, -0.15) is 5.10 Å². The molecule has 1 aromatic carbocycles. The number of imidazole rings is 1. The number of nitrogens with one attached hydrogen (secondary N) is 2. The number of likely N-dealkylation sites (tertiary alicyclic amines) is 1. The number of alkyl halides is 2. The van der Waals surface area contributed by atoms with Gasteiger partial charge in [-0.25, -0.2) is 23.1 Å². The van der Waals surface area contributed by atoms with Crippen LogP contribution in [0, 0.1) is 5.82 Å². The second-order valence-electron chi connectivity index (χ2n) is 10.5. The molecular weight excluding hydrogens is 505 g/mol. The first-order valence-electron chi connectivity index (χ1n) is 13.3. The Balaban J connectivity index is 1.24. The Bertz CT molecular complexity index is 1670. The van der Waals surface area contributed by atoms with E-state index in [9.17, 15) is 8.78 Å². The second kappa shape index (κ2) is 9.33. The van der Waals surface area contributed by atoms with E-state index in [4.69, 9.17) is 4.98 Å². The number of hydrogen-bond donors (Lipinski definition) is 2. The number of aromatic nitrogens is 6. The predicted molar refractivity (Wildman–Crippen MR) is 143 cm³/mol. The molecule has 11 heteroatoms. The van der Waals surface area contributed by atoms with Gasteiger partial charge in [-0.05, 0) is 43.0 Å². The molecule has 4 aromatic heterocycles. The van der Waals surface area contributed by atoms with E-state index < -0.39 is 11.7 Å². The Kier molecular flexibility index (Phi) is 5.76. The molecule has 0 unspecified atom stereocenters. The molecule has 0 atom stereocenters. The van der Waals surface area contributed by atoms with Crippen LogP contribution in [0.4, 0.5) is 19.0 Å². The van der Waals surface area contributed by atoms with Gasteiger partial charge in [0.25, 0.3) is 5.92 Å². The fourth-order valence-corrected chi connectivity index (χ4v) is 5.73. The van der Waals surface area contributed by atoms with Gasteiger partial charge in [0.05, 0.1) is 17.6 Å². The van der Waals surface area contributed by atoms with Crippen LogP contribution in [-0.2, 0) is 6.54 Å². The van der Waals surface area contributed by atoms with Crippen molar-refractivity contribution in [2.45, 2.75) is 38.2 Å². The second-order valence-corrected chi connectivity index (χ2v) is 10.5. The van der Waals surface area contributed by atoms with Crippen LogP contribution < -0.4 is 4.90 Å². The zero-order valence-corrected chi connectivity index (χ0v) is 21.2. The van der Waals surface area contributed by atoms with E-state index >= 15 is 4.39 Å². The Labute approximate surface area is 222 Å². The first kappa shape index (κ1) is 24.1. The fraction of sp³-hybridized carbons (Fsp3) is 0.357. The Hall–Kier alpha value is -3.99. The first-order chi connectivity index (χ1) is 18.9. The summed E-state index contributed by atoms with van der Waals surface area (Å²) in [6.45, 7) is 2.29. The van der Waals surface area contributed by atoms with Crippen molar-refractivity contribution in [3.8, 4) is 22.6 Å². The number of aromatic amines is 2. The van der Waals surface area contributed by atoms with Crippen LogP contribution in [0.2, 0.25) is 0 Å². The van der Waals surface area contributed by atoms with Gasteiger partial charge in [0.1, 0.15) is 17.0 Å². The van der Waals surface area contributed by atoms with Gasteiger partial charge in [0.2, 0.25) is 0 Å². The maximum atomic E-state index is 15.3. The number of piperidine rings is 1. The maximum Gasteiger partial charge on any atom is 0.261 e. The van der Waals surface area contributed by atoms with E-state index in [1.807, 2.05) is 12.1 Å². The van der Waals surface area contributed by atoms with Crippen molar-refractivity contribution in [1.29, 1.82) is 0 Å². The third kappa shape index (κ3) is 4.50. The van der Waals surface area contributed by atoms with Crippen molar-refractivity contribution < 1.29 is 13.2 Å². The average molecular weight is 533 g/mol. The minimum atomic E-state index is -2.67. The molecule has 0 amide bonds. The Morgan fingerprint density at radius 1 is 1.00 bits per heavy atom. The van der Waals surface area contributed by atoms with E-state index in [-0.39, 0.29) is 13.0 Å². The average Bonchev–Trinajstić information content (AvgIpc) is 3.64. The summed E-state index contributed by atoms with van der Waals surface area (Å²) in [5.74, 6) is -1.66. The largest absolute Gasteiger partial charge is 0.355 e. The normalized spacial score (nSPS) is 18.0. The highest BCUT2D eigenvalue weighted by atomic mass is 19.3. The molecule has 0 spiro atoms. The minimum absolute atomic E-state index is 0.147. The SMILES string of the molecule is Fc1cc2[nH]nc(-c3nc4c(N5CCCCC5)nccc4[nH]3)c2cc1-c1cncc(CN2CCC(F)(F)C2)c1. The van der Waals surface area contributed by atoms with E-state index in [0.29, 0.717) is 46.6 Å². The van der Waals surface area contributed by atoms with Crippen LogP contribution in [0.3, 0.4) is 0 Å². The highest BCUT2D eigenvalue weighted by Crippen LogP contribution is 2.34. The monoisotopic (exact) mass is 532 g/mol. The number of nitrogens with zero attached hydrogens (tertiary/aromatic N) is 6. The summed E-state index contributed by atoms with van der Waals surface area (Å²) in [7, 11) is 0. The molecule has 8 nitrogen and oxygen atoms in total. The number of anilines is 1. The van der Waals surface area contributed by atoms with Crippen molar-refractivity contribution in [3.05, 3.63) is 54.2 Å². The van der Waals surface area contributed by atoms with Gasteiger partial charge in [-0.3, -0.25) is 15.0 Å². The summed E-state index contributed by atoms with van der Waals surface area (Å²) in [4.78, 5) is 21.1. The Morgan fingerprint density at radius 3 is 2.69 bits per heavy atom. The third-order valence-electron chi connectivity index (χ3n) is 7.67. The fourth-order valence-electron chi connectivity index (χ4n) is 5.73. The van der Waals surface area contributed by atoms with Crippen LogP contribution in [0.5, 0.6) is 0 Å². The van der Waals surface area contributed by atoms with Crippen LogP contribution in [0.25, 0.3) is 44.6 Å². The number of fused-ring (bicyclic) bond motifs is 2. The molecule has 200 valence electrons. The number of rotatable bonds is 5. The van der Waals surface area contributed by atoms with E-state index in [1.165, 1.54) is 12.5 Å². The standard InChI is InChI=1S/C28H27F3N8/c29-21-12-23-20(11-19(21)18-10-17(13-32-14-18)15-38-9-5-28(30,31)16-38)24(37-36-23)26-34-22-4-6-33-27(25(22)35-26)39-7-2-1-3-8-39/h4,6,10-14H,1-3,5,7-9,15-16H2,(H,34,35)(H,36,37). The van der Waals surface area contributed by atoms with Gasteiger partial charge in [-0.1, -0.05) is 0 Å². The number of hydrogen-bond acceptors (Lipinski definition) is 6. The topological polar surface area (TPSA) is 89.6 Å². The molecule has 2 N–H and O–H groups in total. The maximum absolute atomic E-state index is 15.3. The molecule has 0 saturated carbocycles. The van der Waals surface area contributed by atoms with Gasteiger partial charge in [0.15, 0.2) is 11.6 Å². The zero-order chi connectivity index (χ0) is 26.6. The molecule has 2 aliphatic heterocycles. The van der Waals surface area contributed by atoms with Gasteiger partial charge in [-0.15, -0.1) is 0 Å². The summed E-state index contributed by atoms with van der Waals surface area (Å²) >= 11 is 0. The third-order valence-corrected chi connectivity index (χ3v) is 7.67. The van der Waals surface area contributed by atoms with Crippen LogP contribution in [-0.4, -0.2) is 67.1 Å². The lowest BCUT2D eigenvalue weighted by molar-refractivity contribution is 0.0115. The lowest BCUT2D eigenvalue weighted by Crippen LogP contribution is -2.30. The molecular formula is C28H27F3N8. The highest BCUT2D eigenvalue weighted by molar-refractivity contribution is 5.97. The summed E-state index contributed by atoms with van der Waals surface area (Å²) in [6.07, 6.45) is 8.36. The smallest absolute Gasteiger partial charge is 0.261 e. The molecule has 2 fully saturated rings. The molecule has 6 heterocycles. The molecule has 0 radical (unpaired) electrons. The number of benzene rings is 1. The number of H-pyrrole nitrogens is 2. The van der Waals surface area contributed by atoms with Crippen LogP contribution in [0.1, 0.15) is 31.2 Å². The molecule has 2 saturated heterocycles. The molecule has 0 bridgehead atoms. The molecule has 0 aliphatic carbocycles. The highest BCUT2D eigenvalue weighted by Gasteiger charge is 2.38. The van der Waals surface area contributed by atoms with Crippen molar-refractivity contribution in [1.82, 2.24) is 35.0 Å². The zero-order valence-electron chi connectivity index (χ0n) is 21.2. The van der Waals surface area contributed by atoms with Crippen molar-refractivity contribution in [2.75, 3.05) is 31.1 Å². The molecule has 7 rings (SSSR count). The predicted octanol–water partition coefficient (Wildman–Crippen LogP) is 5.53. The summed E-state index contributed by atoms with van der Waals surface area (Å²) in [5, 5.41) is 8.10. The van der Waals surface area contributed by atoms with E-state index in [1.54, 1.807) is 29.6 Å². The molecule has 5 aromatic rings. The quantitative estimate of drug-likeness (QED) is 0.309. The lowest BCUT2D eigenvalue weighted by Gasteiger charge is -2.27. The van der Waals surface area contributed by atoms with Gasteiger partial charge >= 0.3 is 0 Å². The first-order valence-corrected chi connectivity index (χ1v) is 13.3.